The average Bonchev–Trinajstić information content (AvgIpc) is 3.26. The van der Waals surface area contributed by atoms with Gasteiger partial charge in [0.1, 0.15) is 12.4 Å². The Hall–Kier alpha value is -4.74. The Morgan fingerprint density at radius 1 is 1.10 bits per heavy atom. The number of esters is 1. The van der Waals surface area contributed by atoms with Crippen LogP contribution in [0.1, 0.15) is 47.7 Å². The van der Waals surface area contributed by atoms with Crippen molar-refractivity contribution in [3.8, 4) is 11.8 Å². The van der Waals surface area contributed by atoms with Crippen LogP contribution in [0.3, 0.4) is 0 Å². The standard InChI is InChI=1S/C32H27N3O4S/c1-4-38-31(37)28-21(3)34-32-35(29(28)25-14-8-20(2)9-15-25)30(36)27(40-32)17-24-6-5-7-26(16-24)39-19-23-12-10-22(18-33)11-13-23/h5-17,29H,4,19H2,1-3H3/b27-17-/t29-/m1/s1. The van der Waals surface area contributed by atoms with Crippen molar-refractivity contribution in [1.82, 2.24) is 4.57 Å². The molecule has 0 saturated heterocycles. The van der Waals surface area contributed by atoms with Crippen LogP contribution >= 0.6 is 11.3 Å². The fourth-order valence-corrected chi connectivity index (χ4v) is 5.59. The molecule has 4 aromatic rings. The fraction of sp³-hybridized carbons (Fsp3) is 0.188. The number of nitriles is 1. The summed E-state index contributed by atoms with van der Waals surface area (Å²) >= 11 is 1.28. The minimum Gasteiger partial charge on any atom is -0.489 e. The lowest BCUT2D eigenvalue weighted by Crippen LogP contribution is -2.39. The summed E-state index contributed by atoms with van der Waals surface area (Å²) in [5, 5.41) is 8.98. The van der Waals surface area contributed by atoms with E-state index in [4.69, 9.17) is 14.7 Å². The number of allylic oxidation sites excluding steroid dienone is 1. The van der Waals surface area contributed by atoms with Crippen LogP contribution in [0.4, 0.5) is 0 Å². The summed E-state index contributed by atoms with van der Waals surface area (Å²) in [7, 11) is 0. The molecule has 5 rings (SSSR count). The molecule has 0 amide bonds. The lowest BCUT2D eigenvalue weighted by atomic mass is 9.95. The second-order valence-corrected chi connectivity index (χ2v) is 10.4. The van der Waals surface area contributed by atoms with Gasteiger partial charge in [0.15, 0.2) is 4.80 Å². The zero-order valence-electron chi connectivity index (χ0n) is 22.4. The first-order valence-corrected chi connectivity index (χ1v) is 13.7. The highest BCUT2D eigenvalue weighted by Gasteiger charge is 2.33. The lowest BCUT2D eigenvalue weighted by molar-refractivity contribution is -0.139. The summed E-state index contributed by atoms with van der Waals surface area (Å²) < 4.78 is 13.4. The number of benzene rings is 3. The first-order valence-electron chi connectivity index (χ1n) is 12.9. The summed E-state index contributed by atoms with van der Waals surface area (Å²) in [6.45, 7) is 6.10. The van der Waals surface area contributed by atoms with E-state index in [1.54, 1.807) is 30.5 Å². The molecule has 1 aromatic heterocycles. The molecule has 0 radical (unpaired) electrons. The molecule has 2 heterocycles. The smallest absolute Gasteiger partial charge is 0.338 e. The van der Waals surface area contributed by atoms with Crippen LogP contribution < -0.4 is 19.6 Å². The number of rotatable bonds is 7. The molecule has 0 saturated carbocycles. The SMILES string of the molecule is CCOC(=O)C1=C(C)N=c2s/c(=C\c3cccc(OCc4ccc(C#N)cc4)c3)c(=O)n2[C@@H]1c1ccc(C)cc1. The number of hydrogen-bond donors (Lipinski definition) is 0. The maximum atomic E-state index is 13.8. The van der Waals surface area contributed by atoms with Gasteiger partial charge in [-0.2, -0.15) is 5.26 Å². The zero-order chi connectivity index (χ0) is 28.2. The Morgan fingerprint density at radius 3 is 2.55 bits per heavy atom. The van der Waals surface area contributed by atoms with Gasteiger partial charge in [-0.1, -0.05) is 65.4 Å². The molecule has 1 aliphatic heterocycles. The first kappa shape index (κ1) is 26.9. The third-order valence-electron chi connectivity index (χ3n) is 6.55. The Balaban J connectivity index is 1.51. The second kappa shape index (κ2) is 11.6. The Kier molecular flexibility index (Phi) is 7.76. The number of hydrogen-bond acceptors (Lipinski definition) is 7. The van der Waals surface area contributed by atoms with Gasteiger partial charge in [0.2, 0.25) is 0 Å². The third kappa shape index (κ3) is 5.51. The third-order valence-corrected chi connectivity index (χ3v) is 7.54. The molecule has 0 aliphatic carbocycles. The van der Waals surface area contributed by atoms with Gasteiger partial charge >= 0.3 is 5.97 Å². The van der Waals surface area contributed by atoms with Gasteiger partial charge in [-0.25, -0.2) is 9.79 Å². The van der Waals surface area contributed by atoms with Crippen molar-refractivity contribution in [2.45, 2.75) is 33.4 Å². The number of thiazole rings is 1. The zero-order valence-corrected chi connectivity index (χ0v) is 23.2. The van der Waals surface area contributed by atoms with Crippen molar-refractivity contribution in [2.24, 2.45) is 4.99 Å². The van der Waals surface area contributed by atoms with Gasteiger partial charge in [0.05, 0.1) is 40.1 Å². The van der Waals surface area contributed by atoms with Gasteiger partial charge in [-0.15, -0.1) is 0 Å². The number of aryl methyl sites for hydroxylation is 1. The molecule has 0 spiro atoms. The van der Waals surface area contributed by atoms with Gasteiger partial charge in [0.25, 0.3) is 5.56 Å². The minimum absolute atomic E-state index is 0.226. The summed E-state index contributed by atoms with van der Waals surface area (Å²) in [6, 6.07) is 24.0. The quantitative estimate of drug-likeness (QED) is 0.315. The normalized spacial score (nSPS) is 14.8. The molecule has 40 heavy (non-hydrogen) atoms. The molecule has 200 valence electrons. The molecular formula is C32H27N3O4S. The van der Waals surface area contributed by atoms with Crippen molar-refractivity contribution in [1.29, 1.82) is 5.26 Å². The van der Waals surface area contributed by atoms with E-state index in [9.17, 15) is 9.59 Å². The van der Waals surface area contributed by atoms with Crippen molar-refractivity contribution in [2.75, 3.05) is 6.61 Å². The fourth-order valence-electron chi connectivity index (χ4n) is 4.54. The molecule has 8 heteroatoms. The summed E-state index contributed by atoms with van der Waals surface area (Å²) in [5.74, 6) is 0.180. The van der Waals surface area contributed by atoms with Crippen molar-refractivity contribution < 1.29 is 14.3 Å². The maximum Gasteiger partial charge on any atom is 0.338 e. The van der Waals surface area contributed by atoms with Crippen LogP contribution in [-0.4, -0.2) is 17.1 Å². The van der Waals surface area contributed by atoms with Crippen LogP contribution in [-0.2, 0) is 16.1 Å². The number of fused-ring (bicyclic) bond motifs is 1. The predicted molar refractivity (Wildman–Crippen MR) is 154 cm³/mol. The van der Waals surface area contributed by atoms with Crippen LogP contribution in [0.2, 0.25) is 0 Å². The average molecular weight is 550 g/mol. The number of carbonyl (C=O) groups is 1. The molecular weight excluding hydrogens is 522 g/mol. The maximum absolute atomic E-state index is 13.8. The monoisotopic (exact) mass is 549 g/mol. The van der Waals surface area contributed by atoms with Crippen LogP contribution in [0, 0.1) is 18.3 Å². The second-order valence-electron chi connectivity index (χ2n) is 9.38. The van der Waals surface area contributed by atoms with Gasteiger partial charge in [0, 0.05) is 0 Å². The van der Waals surface area contributed by atoms with E-state index in [1.165, 1.54) is 11.3 Å². The van der Waals surface area contributed by atoms with E-state index in [0.29, 0.717) is 38.5 Å². The molecule has 0 N–H and O–H groups in total. The van der Waals surface area contributed by atoms with Gasteiger partial charge in [-0.3, -0.25) is 9.36 Å². The largest absolute Gasteiger partial charge is 0.489 e. The lowest BCUT2D eigenvalue weighted by Gasteiger charge is -2.24. The molecule has 3 aromatic carbocycles. The highest BCUT2D eigenvalue weighted by atomic mass is 32.1. The van der Waals surface area contributed by atoms with E-state index in [0.717, 1.165) is 22.3 Å². The van der Waals surface area contributed by atoms with Gasteiger partial charge < -0.3 is 9.47 Å². The molecule has 0 fully saturated rings. The minimum atomic E-state index is -0.639. The van der Waals surface area contributed by atoms with Crippen molar-refractivity contribution in [3.63, 3.8) is 0 Å². The van der Waals surface area contributed by atoms with Gasteiger partial charge in [-0.05, 0) is 67.8 Å². The van der Waals surface area contributed by atoms with E-state index in [2.05, 4.69) is 11.1 Å². The van der Waals surface area contributed by atoms with Crippen molar-refractivity contribution in [3.05, 3.63) is 132 Å². The Bertz CT molecular complexity index is 1830. The summed E-state index contributed by atoms with van der Waals surface area (Å²) in [5.41, 5.74) is 4.91. The number of ether oxygens (including phenoxy) is 2. The predicted octanol–water partition coefficient (Wildman–Crippen LogP) is 4.56. The molecule has 1 aliphatic rings. The number of carbonyl (C=O) groups excluding carboxylic acids is 1. The van der Waals surface area contributed by atoms with E-state index < -0.39 is 12.0 Å². The molecule has 0 unspecified atom stereocenters. The molecule has 0 bridgehead atoms. The number of nitrogens with zero attached hydrogens (tertiary/aromatic N) is 3. The first-order chi connectivity index (χ1) is 19.4. The van der Waals surface area contributed by atoms with E-state index in [1.807, 2.05) is 73.7 Å². The summed E-state index contributed by atoms with van der Waals surface area (Å²) in [6.07, 6.45) is 1.81. The highest BCUT2D eigenvalue weighted by molar-refractivity contribution is 7.07. The van der Waals surface area contributed by atoms with Crippen molar-refractivity contribution >= 4 is 23.4 Å². The van der Waals surface area contributed by atoms with E-state index in [-0.39, 0.29) is 12.2 Å². The topological polar surface area (TPSA) is 93.7 Å². The molecule has 7 nitrogen and oxygen atoms in total. The highest BCUT2D eigenvalue weighted by Crippen LogP contribution is 2.30. The Morgan fingerprint density at radius 2 is 1.85 bits per heavy atom. The van der Waals surface area contributed by atoms with Crippen LogP contribution in [0.15, 0.2) is 93.9 Å². The molecule has 1 atom stereocenters. The summed E-state index contributed by atoms with van der Waals surface area (Å²) in [4.78, 5) is 32.0. The Labute approximate surface area is 235 Å². The van der Waals surface area contributed by atoms with Crippen LogP contribution in [0.25, 0.3) is 6.08 Å². The number of aromatic nitrogens is 1. The van der Waals surface area contributed by atoms with E-state index >= 15 is 0 Å². The van der Waals surface area contributed by atoms with Crippen LogP contribution in [0.5, 0.6) is 5.75 Å².